The Morgan fingerprint density at radius 1 is 1.07 bits per heavy atom. The van der Waals surface area contributed by atoms with Gasteiger partial charge in [0.2, 0.25) is 0 Å². The number of carbonyl (C=O) groups is 1. The third-order valence-electron chi connectivity index (χ3n) is 7.29. The molecule has 0 radical (unpaired) electrons. The second-order valence-electron chi connectivity index (χ2n) is 8.11. The van der Waals surface area contributed by atoms with Crippen LogP contribution in [0.25, 0.3) is 0 Å². The van der Waals surface area contributed by atoms with Gasteiger partial charge >= 0.3 is 5.97 Å². The van der Waals surface area contributed by atoms with Gasteiger partial charge in [0.1, 0.15) is 6.10 Å². The highest BCUT2D eigenvalue weighted by Gasteiger charge is 2.54. The lowest BCUT2D eigenvalue weighted by atomic mass is 9.62. The molecule has 1 aromatic carbocycles. The number of nitro groups is 1. The number of esters is 1. The van der Waals surface area contributed by atoms with Crippen molar-refractivity contribution in [2.45, 2.75) is 84.4 Å². The predicted octanol–water partition coefficient (Wildman–Crippen LogP) is 5.11. The molecule has 1 aliphatic rings. The van der Waals surface area contributed by atoms with Crippen LogP contribution in [0, 0.1) is 22.0 Å². The molecule has 1 fully saturated rings. The molecule has 1 aromatic rings. The van der Waals surface area contributed by atoms with Crippen LogP contribution in [0.2, 0.25) is 0 Å². The molecule has 156 valence electrons. The maximum atomic E-state index is 12.9. The molecular formula is C22H34N2O4. The zero-order valence-corrected chi connectivity index (χ0v) is 18.0. The Labute approximate surface area is 168 Å². The molecule has 28 heavy (non-hydrogen) atoms. The van der Waals surface area contributed by atoms with Crippen LogP contribution in [0.1, 0.15) is 77.6 Å². The minimum atomic E-state index is -0.495. The number of hydrogen-bond acceptors (Lipinski definition) is 5. The van der Waals surface area contributed by atoms with Crippen LogP contribution in [-0.4, -0.2) is 28.1 Å². The Kier molecular flexibility index (Phi) is 6.86. The van der Waals surface area contributed by atoms with Crippen LogP contribution < -0.4 is 5.32 Å². The van der Waals surface area contributed by atoms with Crippen molar-refractivity contribution >= 4 is 11.7 Å². The molecule has 0 aromatic heterocycles. The topological polar surface area (TPSA) is 81.5 Å². The number of nitrogens with zero attached hydrogens (tertiary/aromatic N) is 1. The lowest BCUT2D eigenvalue weighted by molar-refractivity contribution is -0.384. The highest BCUT2D eigenvalue weighted by molar-refractivity contribution is 5.90. The molecule has 0 bridgehead atoms. The standard InChI is InChI=1S/C22H34N2O4/c1-7-21(8-2)15(5)19(16(6)22(9-3,10-4)23-21)28-20(25)17-12-11-13-18(14-17)24(26)27/h11-16,19,23H,7-10H2,1-6H3. The maximum Gasteiger partial charge on any atom is 0.338 e. The number of carbonyl (C=O) groups excluding carboxylic acids is 1. The number of benzene rings is 1. The molecule has 1 saturated heterocycles. The van der Waals surface area contributed by atoms with Gasteiger partial charge in [0, 0.05) is 35.0 Å². The molecule has 0 saturated carbocycles. The Morgan fingerprint density at radius 3 is 2.00 bits per heavy atom. The van der Waals surface area contributed by atoms with E-state index in [9.17, 15) is 14.9 Å². The lowest BCUT2D eigenvalue weighted by Crippen LogP contribution is -2.72. The second-order valence-corrected chi connectivity index (χ2v) is 8.11. The second kappa shape index (κ2) is 8.60. The van der Waals surface area contributed by atoms with E-state index >= 15 is 0 Å². The quantitative estimate of drug-likeness (QED) is 0.397. The number of nitrogens with one attached hydrogen (secondary N) is 1. The summed E-state index contributed by atoms with van der Waals surface area (Å²) in [5.74, 6) is -0.228. The van der Waals surface area contributed by atoms with E-state index in [4.69, 9.17) is 4.74 Å². The predicted molar refractivity (Wildman–Crippen MR) is 110 cm³/mol. The summed E-state index contributed by atoms with van der Waals surface area (Å²) in [6.45, 7) is 13.0. The minimum Gasteiger partial charge on any atom is -0.458 e. The van der Waals surface area contributed by atoms with E-state index in [0.29, 0.717) is 0 Å². The number of nitro benzene ring substituents is 1. The molecule has 2 unspecified atom stereocenters. The minimum absolute atomic E-state index is 0.103. The smallest absolute Gasteiger partial charge is 0.338 e. The molecule has 2 rings (SSSR count). The number of hydrogen-bond donors (Lipinski definition) is 1. The van der Waals surface area contributed by atoms with Crippen molar-refractivity contribution in [2.24, 2.45) is 11.8 Å². The fourth-order valence-corrected chi connectivity index (χ4v) is 5.07. The molecule has 6 heteroatoms. The van der Waals surface area contributed by atoms with Crippen LogP contribution in [0.5, 0.6) is 0 Å². The first-order valence-electron chi connectivity index (χ1n) is 10.4. The highest BCUT2D eigenvalue weighted by Crippen LogP contribution is 2.45. The monoisotopic (exact) mass is 390 g/mol. The van der Waals surface area contributed by atoms with Crippen molar-refractivity contribution < 1.29 is 14.5 Å². The number of non-ortho nitro benzene ring substituents is 1. The Balaban J connectivity index is 2.39. The first-order chi connectivity index (χ1) is 13.2. The molecule has 1 heterocycles. The van der Waals surface area contributed by atoms with Gasteiger partial charge in [0.25, 0.3) is 5.69 Å². The fourth-order valence-electron chi connectivity index (χ4n) is 5.07. The summed E-state index contributed by atoms with van der Waals surface area (Å²) in [5.41, 5.74) is -0.0867. The van der Waals surface area contributed by atoms with Crippen LogP contribution in [0.15, 0.2) is 24.3 Å². The Bertz CT molecular complexity index is 686. The Morgan fingerprint density at radius 2 is 1.57 bits per heavy atom. The summed E-state index contributed by atoms with van der Waals surface area (Å²) in [5, 5.41) is 15.0. The molecule has 2 atom stereocenters. The summed E-state index contributed by atoms with van der Waals surface area (Å²) in [6, 6.07) is 5.77. The number of piperidine rings is 1. The van der Waals surface area contributed by atoms with Crippen LogP contribution in [0.4, 0.5) is 5.69 Å². The molecule has 0 aliphatic carbocycles. The van der Waals surface area contributed by atoms with Crippen molar-refractivity contribution in [1.29, 1.82) is 0 Å². The van der Waals surface area contributed by atoms with Gasteiger partial charge in [-0.15, -0.1) is 0 Å². The Hall–Kier alpha value is -1.95. The number of rotatable bonds is 7. The van der Waals surface area contributed by atoms with E-state index in [1.54, 1.807) is 6.07 Å². The molecule has 1 N–H and O–H groups in total. The normalized spacial score (nSPS) is 25.9. The van der Waals surface area contributed by atoms with Crippen molar-refractivity contribution in [2.75, 3.05) is 0 Å². The van der Waals surface area contributed by atoms with Crippen molar-refractivity contribution in [3.05, 3.63) is 39.9 Å². The zero-order chi connectivity index (χ0) is 21.1. The van der Waals surface area contributed by atoms with Crippen LogP contribution >= 0.6 is 0 Å². The fraction of sp³-hybridized carbons (Fsp3) is 0.682. The van der Waals surface area contributed by atoms with Gasteiger partial charge < -0.3 is 10.1 Å². The molecule has 6 nitrogen and oxygen atoms in total. The molecule has 1 aliphatic heterocycles. The summed E-state index contributed by atoms with van der Waals surface area (Å²) in [7, 11) is 0. The lowest BCUT2D eigenvalue weighted by Gasteiger charge is -2.58. The van der Waals surface area contributed by atoms with Gasteiger partial charge in [-0.05, 0) is 31.7 Å². The van der Waals surface area contributed by atoms with E-state index in [1.165, 1.54) is 18.2 Å². The first kappa shape index (κ1) is 22.3. The van der Waals surface area contributed by atoms with Crippen LogP contribution in [-0.2, 0) is 4.74 Å². The van der Waals surface area contributed by atoms with Crippen molar-refractivity contribution in [3.8, 4) is 0 Å². The summed E-state index contributed by atoms with van der Waals surface area (Å²) in [4.78, 5) is 23.4. The largest absolute Gasteiger partial charge is 0.458 e. The van der Waals surface area contributed by atoms with Gasteiger partial charge in [-0.3, -0.25) is 10.1 Å². The van der Waals surface area contributed by atoms with Crippen molar-refractivity contribution in [3.63, 3.8) is 0 Å². The zero-order valence-electron chi connectivity index (χ0n) is 18.0. The van der Waals surface area contributed by atoms with E-state index in [2.05, 4.69) is 46.9 Å². The molecule has 0 amide bonds. The molecule has 0 spiro atoms. The van der Waals surface area contributed by atoms with Gasteiger partial charge in [-0.1, -0.05) is 47.6 Å². The van der Waals surface area contributed by atoms with Gasteiger partial charge in [-0.2, -0.15) is 0 Å². The van der Waals surface area contributed by atoms with E-state index in [1.807, 2.05) is 0 Å². The van der Waals surface area contributed by atoms with E-state index in [-0.39, 0.29) is 40.3 Å². The average molecular weight is 391 g/mol. The van der Waals surface area contributed by atoms with E-state index in [0.717, 1.165) is 25.7 Å². The first-order valence-corrected chi connectivity index (χ1v) is 10.4. The molecular weight excluding hydrogens is 356 g/mol. The van der Waals surface area contributed by atoms with Gasteiger partial charge in [0.05, 0.1) is 10.5 Å². The number of ether oxygens (including phenoxy) is 1. The highest BCUT2D eigenvalue weighted by atomic mass is 16.6. The summed E-state index contributed by atoms with van der Waals surface area (Å²) in [6.07, 6.45) is 3.54. The van der Waals surface area contributed by atoms with Crippen molar-refractivity contribution in [1.82, 2.24) is 5.32 Å². The van der Waals surface area contributed by atoms with Gasteiger partial charge in [0.15, 0.2) is 0 Å². The SMILES string of the molecule is CCC1(CC)NC(CC)(CC)C(C)C(OC(=O)c2cccc([N+](=O)[O-])c2)C1C. The summed E-state index contributed by atoms with van der Waals surface area (Å²) >= 11 is 0. The maximum absolute atomic E-state index is 12.9. The summed E-state index contributed by atoms with van der Waals surface area (Å²) < 4.78 is 6.05. The van der Waals surface area contributed by atoms with Gasteiger partial charge in [-0.25, -0.2) is 4.79 Å². The van der Waals surface area contributed by atoms with Crippen LogP contribution in [0.3, 0.4) is 0 Å². The average Bonchev–Trinajstić information content (AvgIpc) is 2.72. The van der Waals surface area contributed by atoms with E-state index < -0.39 is 10.9 Å². The third-order valence-corrected chi connectivity index (χ3v) is 7.29. The third kappa shape index (κ3) is 3.79.